The third-order valence-electron chi connectivity index (χ3n) is 5.56. The van der Waals surface area contributed by atoms with Gasteiger partial charge in [0.15, 0.2) is 0 Å². The van der Waals surface area contributed by atoms with Crippen LogP contribution in [0.25, 0.3) is 22.5 Å². The molecule has 31 heavy (non-hydrogen) atoms. The van der Waals surface area contributed by atoms with Gasteiger partial charge in [0.2, 0.25) is 5.82 Å². The first-order chi connectivity index (χ1) is 15.1. The van der Waals surface area contributed by atoms with Crippen LogP contribution in [0.3, 0.4) is 0 Å². The number of H-pyrrole nitrogens is 1. The van der Waals surface area contributed by atoms with E-state index in [4.69, 9.17) is 0 Å². The minimum absolute atomic E-state index is 0.0732. The number of tetrazole rings is 1. The van der Waals surface area contributed by atoms with E-state index >= 15 is 0 Å². The first-order valence-electron chi connectivity index (χ1n) is 10.8. The van der Waals surface area contributed by atoms with E-state index < -0.39 is 0 Å². The van der Waals surface area contributed by atoms with Gasteiger partial charge in [0.25, 0.3) is 0 Å². The average Bonchev–Trinajstić information content (AvgIpc) is 3.42. The van der Waals surface area contributed by atoms with E-state index in [1.54, 1.807) is 0 Å². The van der Waals surface area contributed by atoms with Crippen molar-refractivity contribution in [3.8, 4) is 22.5 Å². The summed E-state index contributed by atoms with van der Waals surface area (Å²) in [5.74, 6) is 1.14. The van der Waals surface area contributed by atoms with Crippen molar-refractivity contribution in [2.24, 2.45) is 5.92 Å². The number of benzene rings is 2. The van der Waals surface area contributed by atoms with Crippen LogP contribution in [0, 0.1) is 5.92 Å². The summed E-state index contributed by atoms with van der Waals surface area (Å²) in [5.41, 5.74) is 5.28. The van der Waals surface area contributed by atoms with Gasteiger partial charge in [-0.1, -0.05) is 69.3 Å². The van der Waals surface area contributed by atoms with Gasteiger partial charge >= 0.3 is 5.69 Å². The van der Waals surface area contributed by atoms with E-state index in [2.05, 4.69) is 71.7 Å². The fourth-order valence-electron chi connectivity index (χ4n) is 3.77. The predicted molar refractivity (Wildman–Crippen MR) is 122 cm³/mol. The molecule has 0 amide bonds. The molecule has 2 heterocycles. The summed E-state index contributed by atoms with van der Waals surface area (Å²) >= 11 is 0. The highest BCUT2D eigenvalue weighted by Gasteiger charge is 2.13. The maximum Gasteiger partial charge on any atom is 0.328 e. The molecule has 2 aromatic carbocycles. The molecule has 0 fully saturated rings. The van der Waals surface area contributed by atoms with Crippen LogP contribution < -0.4 is 5.69 Å². The first-order valence-corrected chi connectivity index (χ1v) is 10.8. The van der Waals surface area contributed by atoms with Crippen molar-refractivity contribution < 1.29 is 0 Å². The first kappa shape index (κ1) is 20.8. The summed E-state index contributed by atoms with van der Waals surface area (Å²) < 4.78 is 3.75. The fraction of sp³-hybridized carbons (Fsp3) is 0.333. The summed E-state index contributed by atoms with van der Waals surface area (Å²) in [5, 5.41) is 14.4. The van der Waals surface area contributed by atoms with Crippen LogP contribution in [-0.2, 0) is 19.5 Å². The van der Waals surface area contributed by atoms with Crippen molar-refractivity contribution in [1.29, 1.82) is 0 Å². The van der Waals surface area contributed by atoms with E-state index in [0.717, 1.165) is 47.3 Å². The quantitative estimate of drug-likeness (QED) is 0.468. The number of rotatable bonds is 8. The van der Waals surface area contributed by atoms with E-state index in [1.165, 1.54) is 0 Å². The molecule has 0 aliphatic rings. The lowest BCUT2D eigenvalue weighted by Crippen LogP contribution is -2.26. The third kappa shape index (κ3) is 4.50. The number of aromatic nitrogens is 6. The molecule has 160 valence electrons. The van der Waals surface area contributed by atoms with Gasteiger partial charge in [0.1, 0.15) is 0 Å². The number of aromatic amines is 1. The number of hydrogen-bond donors (Lipinski definition) is 1. The van der Waals surface area contributed by atoms with E-state index in [0.29, 0.717) is 18.3 Å². The second-order valence-electron chi connectivity index (χ2n) is 8.20. The maximum absolute atomic E-state index is 12.9. The lowest BCUT2D eigenvalue weighted by atomic mass is 9.98. The second-order valence-corrected chi connectivity index (χ2v) is 8.20. The van der Waals surface area contributed by atoms with Crippen LogP contribution in [0.4, 0.5) is 0 Å². The highest BCUT2D eigenvalue weighted by atomic mass is 16.1. The third-order valence-corrected chi connectivity index (χ3v) is 5.56. The number of hydrogen-bond acceptors (Lipinski definition) is 4. The van der Waals surface area contributed by atoms with Crippen LogP contribution in [0.15, 0.2) is 59.5 Å². The van der Waals surface area contributed by atoms with Crippen LogP contribution in [-0.4, -0.2) is 29.8 Å². The number of nitrogens with one attached hydrogen (secondary N) is 1. The summed E-state index contributed by atoms with van der Waals surface area (Å²) in [6, 6.07) is 16.3. The highest BCUT2D eigenvalue weighted by Crippen LogP contribution is 2.29. The Bertz CT molecular complexity index is 1190. The van der Waals surface area contributed by atoms with Crippen molar-refractivity contribution in [3.63, 3.8) is 0 Å². The zero-order valence-corrected chi connectivity index (χ0v) is 18.2. The molecule has 0 aliphatic heterocycles. The van der Waals surface area contributed by atoms with Gasteiger partial charge in [-0.05, 0) is 40.7 Å². The Morgan fingerprint density at radius 3 is 2.42 bits per heavy atom. The average molecular weight is 417 g/mol. The zero-order valence-electron chi connectivity index (χ0n) is 18.2. The van der Waals surface area contributed by atoms with Gasteiger partial charge in [-0.15, -0.1) is 10.2 Å². The van der Waals surface area contributed by atoms with Gasteiger partial charge in [0.05, 0.1) is 6.54 Å². The minimum Gasteiger partial charge on any atom is -0.299 e. The van der Waals surface area contributed by atoms with Gasteiger partial charge in [-0.25, -0.2) is 4.79 Å². The van der Waals surface area contributed by atoms with Crippen molar-refractivity contribution in [2.45, 2.75) is 46.7 Å². The van der Waals surface area contributed by atoms with Crippen molar-refractivity contribution in [2.75, 3.05) is 0 Å². The molecule has 0 atom stereocenters. The van der Waals surface area contributed by atoms with Gasteiger partial charge in [-0.2, -0.15) is 5.21 Å². The normalized spacial score (nSPS) is 11.4. The molecule has 0 unspecified atom stereocenters. The van der Waals surface area contributed by atoms with Crippen molar-refractivity contribution >= 4 is 0 Å². The molecule has 0 saturated heterocycles. The molecular weight excluding hydrogens is 388 g/mol. The van der Waals surface area contributed by atoms with Gasteiger partial charge in [0, 0.05) is 24.0 Å². The molecule has 4 rings (SSSR count). The smallest absolute Gasteiger partial charge is 0.299 e. The molecule has 1 N–H and O–H groups in total. The predicted octanol–water partition coefficient (Wildman–Crippen LogP) is 4.15. The van der Waals surface area contributed by atoms with Crippen molar-refractivity contribution in [1.82, 2.24) is 29.8 Å². The van der Waals surface area contributed by atoms with E-state index in [1.807, 2.05) is 33.5 Å². The molecule has 0 spiro atoms. The molecule has 0 aliphatic carbocycles. The van der Waals surface area contributed by atoms with E-state index in [9.17, 15) is 4.79 Å². The lowest BCUT2D eigenvalue weighted by molar-refractivity contribution is 0.503. The Balaban J connectivity index is 1.59. The lowest BCUT2D eigenvalue weighted by Gasteiger charge is -2.09. The second kappa shape index (κ2) is 9.12. The Kier molecular flexibility index (Phi) is 6.11. The minimum atomic E-state index is 0.0732. The molecule has 0 radical (unpaired) electrons. The highest BCUT2D eigenvalue weighted by molar-refractivity contribution is 5.80. The van der Waals surface area contributed by atoms with Crippen LogP contribution in [0.2, 0.25) is 0 Å². The van der Waals surface area contributed by atoms with Gasteiger partial charge < -0.3 is 0 Å². The summed E-state index contributed by atoms with van der Waals surface area (Å²) in [6.45, 7) is 7.80. The molecule has 4 aromatic rings. The molecule has 7 heteroatoms. The molecule has 0 bridgehead atoms. The molecule has 2 aromatic heterocycles. The molecule has 7 nitrogen and oxygen atoms in total. The van der Waals surface area contributed by atoms with Crippen molar-refractivity contribution in [3.05, 3.63) is 76.5 Å². The number of nitrogens with zero attached hydrogens (tertiary/aromatic N) is 5. The van der Waals surface area contributed by atoms with Gasteiger partial charge in [-0.3, -0.25) is 9.13 Å². The maximum atomic E-state index is 12.9. The van der Waals surface area contributed by atoms with Crippen LogP contribution in [0.5, 0.6) is 0 Å². The Hall–Kier alpha value is -3.48. The van der Waals surface area contributed by atoms with Crippen LogP contribution >= 0.6 is 0 Å². The zero-order chi connectivity index (χ0) is 21.8. The number of aryl methyl sites for hydroxylation is 2. The monoisotopic (exact) mass is 416 g/mol. The SMILES string of the molecule is CCc1cn(CCC(C)C)c(=O)n1Cc1ccc(-c2ccccc2-c2nn[nH]n2)cc1. The summed E-state index contributed by atoms with van der Waals surface area (Å²) in [4.78, 5) is 12.9. The topological polar surface area (TPSA) is 81.4 Å². The molecular formula is C24H28N6O. The Morgan fingerprint density at radius 1 is 1.03 bits per heavy atom. The van der Waals surface area contributed by atoms with E-state index in [-0.39, 0.29) is 5.69 Å². The fourth-order valence-corrected chi connectivity index (χ4v) is 3.77. The molecule has 0 saturated carbocycles. The number of imidazole rings is 1. The Morgan fingerprint density at radius 2 is 1.77 bits per heavy atom. The summed E-state index contributed by atoms with van der Waals surface area (Å²) in [6.07, 6.45) is 3.85. The van der Waals surface area contributed by atoms with Crippen LogP contribution in [0.1, 0.15) is 38.4 Å². The summed E-state index contributed by atoms with van der Waals surface area (Å²) in [7, 11) is 0. The Labute approximate surface area is 181 Å². The largest absolute Gasteiger partial charge is 0.328 e. The standard InChI is InChI=1S/C24H28N6O/c1-4-20-16-29(14-13-17(2)3)24(31)30(20)15-18-9-11-19(12-10-18)21-7-5-6-8-22(21)23-25-27-28-26-23/h5-12,16-17H,4,13-15H2,1-3H3,(H,25,26,27,28).